The number of nitrogens with zero attached hydrogens (tertiary/aromatic N) is 2. The molecule has 1 heterocycles. The molecule has 0 spiro atoms. The van der Waals surface area contributed by atoms with E-state index in [-0.39, 0.29) is 23.6 Å². The Hall–Kier alpha value is -4.50. The second kappa shape index (κ2) is 9.55. The number of barbiturate groups is 1. The Bertz CT molecular complexity index is 1340. The zero-order valence-corrected chi connectivity index (χ0v) is 18.2. The highest BCUT2D eigenvalue weighted by Crippen LogP contribution is 2.26. The molecular weight excluding hydrogens is 462 g/mol. The number of imide groups is 2. The van der Waals surface area contributed by atoms with Crippen molar-refractivity contribution < 1.29 is 24.0 Å². The number of carbonyl (C=O) groups is 3. The maximum Gasteiger partial charge on any atom is 0.335 e. The van der Waals surface area contributed by atoms with E-state index in [2.05, 4.69) is 5.32 Å². The van der Waals surface area contributed by atoms with Crippen LogP contribution in [0.15, 0.2) is 78.4 Å². The minimum absolute atomic E-state index is 0.0292. The van der Waals surface area contributed by atoms with E-state index in [0.29, 0.717) is 21.2 Å². The van der Waals surface area contributed by atoms with Crippen molar-refractivity contribution in [1.82, 2.24) is 5.32 Å². The molecule has 3 aromatic rings. The highest BCUT2D eigenvalue weighted by molar-refractivity contribution is 6.39. The van der Waals surface area contributed by atoms with Gasteiger partial charge in [0.1, 0.15) is 17.9 Å². The number of nitrogens with one attached hydrogen (secondary N) is 1. The average Bonchev–Trinajstić information content (AvgIpc) is 2.82. The molecule has 0 atom stereocenters. The van der Waals surface area contributed by atoms with Crippen LogP contribution < -0.4 is 15.0 Å². The summed E-state index contributed by atoms with van der Waals surface area (Å²) in [6.07, 6.45) is 1.33. The Balaban J connectivity index is 1.54. The van der Waals surface area contributed by atoms with Crippen molar-refractivity contribution >= 4 is 46.9 Å². The van der Waals surface area contributed by atoms with Crippen LogP contribution in [0.1, 0.15) is 11.1 Å². The minimum Gasteiger partial charge on any atom is -0.489 e. The Kier molecular flexibility index (Phi) is 6.37. The molecule has 10 heteroatoms. The lowest BCUT2D eigenvalue weighted by atomic mass is 10.1. The molecule has 1 N–H and O–H groups in total. The van der Waals surface area contributed by atoms with Crippen molar-refractivity contribution in [3.63, 3.8) is 0 Å². The second-order valence-corrected chi connectivity index (χ2v) is 7.59. The zero-order valence-electron chi connectivity index (χ0n) is 17.4. The number of hydrogen-bond acceptors (Lipinski definition) is 6. The van der Waals surface area contributed by atoms with Crippen LogP contribution in [0.2, 0.25) is 5.02 Å². The number of non-ortho nitro benzene ring substituents is 1. The lowest BCUT2D eigenvalue weighted by molar-refractivity contribution is -0.384. The molecule has 1 aliphatic rings. The third kappa shape index (κ3) is 4.79. The minimum atomic E-state index is -0.990. The van der Waals surface area contributed by atoms with Crippen LogP contribution in [0.5, 0.6) is 5.75 Å². The molecule has 0 aliphatic carbocycles. The fourth-order valence-electron chi connectivity index (χ4n) is 3.24. The van der Waals surface area contributed by atoms with Gasteiger partial charge in [-0.3, -0.25) is 25.0 Å². The molecule has 0 saturated carbocycles. The first-order valence-electron chi connectivity index (χ1n) is 9.95. The van der Waals surface area contributed by atoms with Crippen molar-refractivity contribution in [1.29, 1.82) is 0 Å². The number of halogens is 1. The fraction of sp³-hybridized carbons (Fsp3) is 0.0417. The van der Waals surface area contributed by atoms with Gasteiger partial charge in [-0.2, -0.15) is 0 Å². The number of anilines is 1. The number of nitro benzene ring substituents is 1. The first kappa shape index (κ1) is 22.7. The van der Waals surface area contributed by atoms with E-state index in [9.17, 15) is 24.5 Å². The molecule has 34 heavy (non-hydrogen) atoms. The van der Waals surface area contributed by atoms with Gasteiger partial charge >= 0.3 is 6.03 Å². The number of rotatable bonds is 6. The zero-order chi connectivity index (χ0) is 24.2. The summed E-state index contributed by atoms with van der Waals surface area (Å²) in [6.45, 7) is 0.265. The first-order chi connectivity index (χ1) is 16.3. The number of urea groups is 1. The van der Waals surface area contributed by atoms with Crippen LogP contribution in [-0.4, -0.2) is 22.8 Å². The van der Waals surface area contributed by atoms with Gasteiger partial charge in [-0.15, -0.1) is 0 Å². The second-order valence-electron chi connectivity index (χ2n) is 7.18. The highest BCUT2D eigenvalue weighted by atomic mass is 35.5. The largest absolute Gasteiger partial charge is 0.489 e. The summed E-state index contributed by atoms with van der Waals surface area (Å²) in [5.41, 5.74) is 0.713. The maximum atomic E-state index is 13.0. The fourth-order valence-corrected chi connectivity index (χ4v) is 3.43. The number of benzene rings is 3. The van der Waals surface area contributed by atoms with Crippen molar-refractivity contribution in [3.05, 3.63) is 105 Å². The van der Waals surface area contributed by atoms with Gasteiger partial charge in [0.25, 0.3) is 17.5 Å². The molecule has 170 valence electrons. The van der Waals surface area contributed by atoms with E-state index in [0.717, 1.165) is 11.6 Å². The normalized spacial score (nSPS) is 14.8. The van der Waals surface area contributed by atoms with Crippen LogP contribution in [0.3, 0.4) is 0 Å². The lowest BCUT2D eigenvalue weighted by Gasteiger charge is -2.26. The van der Waals surface area contributed by atoms with Gasteiger partial charge in [0.15, 0.2) is 0 Å². The molecule has 0 aromatic heterocycles. The van der Waals surface area contributed by atoms with E-state index < -0.39 is 22.8 Å². The molecule has 1 saturated heterocycles. The summed E-state index contributed by atoms with van der Waals surface area (Å²) in [6, 6.07) is 17.9. The van der Waals surface area contributed by atoms with Crippen molar-refractivity contribution in [3.8, 4) is 5.75 Å². The standard InChI is InChI=1S/C24H16ClN3O6/c25-21-7-2-1-4-16(21)14-34-19-10-8-15(9-11-19)12-20-22(29)26-24(31)27(23(20)30)17-5-3-6-18(13-17)28(32)33/h1-13H,14H2,(H,26,29,31)/b20-12-. The summed E-state index contributed by atoms with van der Waals surface area (Å²) in [5, 5.41) is 13.7. The predicted molar refractivity (Wildman–Crippen MR) is 124 cm³/mol. The van der Waals surface area contributed by atoms with Gasteiger partial charge in [-0.05, 0) is 35.9 Å². The monoisotopic (exact) mass is 477 g/mol. The average molecular weight is 478 g/mol. The molecule has 0 radical (unpaired) electrons. The SMILES string of the molecule is O=C1NC(=O)N(c2cccc([N+](=O)[O-])c2)C(=O)/C1=C\c1ccc(OCc2ccccc2Cl)cc1. The quantitative estimate of drug-likeness (QED) is 0.242. The smallest absolute Gasteiger partial charge is 0.335 e. The summed E-state index contributed by atoms with van der Waals surface area (Å²) in [5.74, 6) is -1.21. The van der Waals surface area contributed by atoms with E-state index in [1.165, 1.54) is 24.3 Å². The lowest BCUT2D eigenvalue weighted by Crippen LogP contribution is -2.54. The number of amides is 4. The van der Waals surface area contributed by atoms with E-state index in [4.69, 9.17) is 16.3 Å². The van der Waals surface area contributed by atoms with Crippen LogP contribution in [0.25, 0.3) is 6.08 Å². The van der Waals surface area contributed by atoms with E-state index in [1.54, 1.807) is 30.3 Å². The molecule has 4 amide bonds. The summed E-state index contributed by atoms with van der Waals surface area (Å²) < 4.78 is 5.72. The van der Waals surface area contributed by atoms with Gasteiger partial charge < -0.3 is 4.74 Å². The number of ether oxygens (including phenoxy) is 1. The van der Waals surface area contributed by atoms with Crippen molar-refractivity contribution in [2.45, 2.75) is 6.61 Å². The van der Waals surface area contributed by atoms with Gasteiger partial charge in [0, 0.05) is 22.7 Å². The summed E-state index contributed by atoms with van der Waals surface area (Å²) >= 11 is 6.12. The predicted octanol–water partition coefficient (Wildman–Crippen LogP) is 4.49. The van der Waals surface area contributed by atoms with Gasteiger partial charge in [-0.1, -0.05) is 48.0 Å². The first-order valence-corrected chi connectivity index (χ1v) is 10.3. The molecule has 3 aromatic carbocycles. The number of nitro groups is 1. The highest BCUT2D eigenvalue weighted by Gasteiger charge is 2.37. The Morgan fingerprint density at radius 2 is 1.74 bits per heavy atom. The summed E-state index contributed by atoms with van der Waals surface area (Å²) in [7, 11) is 0. The van der Waals surface area contributed by atoms with Crippen LogP contribution in [0.4, 0.5) is 16.2 Å². The van der Waals surface area contributed by atoms with E-state index in [1.807, 2.05) is 18.2 Å². The third-order valence-corrected chi connectivity index (χ3v) is 5.31. The molecular formula is C24H16ClN3O6. The number of hydrogen-bond donors (Lipinski definition) is 1. The molecule has 0 bridgehead atoms. The van der Waals surface area contributed by atoms with Crippen LogP contribution in [0, 0.1) is 10.1 Å². The van der Waals surface area contributed by atoms with Gasteiger partial charge in [0.2, 0.25) is 0 Å². The van der Waals surface area contributed by atoms with Gasteiger partial charge in [-0.25, -0.2) is 9.69 Å². The molecule has 0 unspecified atom stereocenters. The number of carbonyl (C=O) groups excluding carboxylic acids is 3. The van der Waals surface area contributed by atoms with Crippen LogP contribution >= 0.6 is 11.6 Å². The Labute approximate surface area is 198 Å². The van der Waals surface area contributed by atoms with Crippen molar-refractivity contribution in [2.24, 2.45) is 0 Å². The van der Waals surface area contributed by atoms with Crippen LogP contribution in [-0.2, 0) is 16.2 Å². The third-order valence-electron chi connectivity index (χ3n) is 4.94. The molecule has 4 rings (SSSR count). The van der Waals surface area contributed by atoms with E-state index >= 15 is 0 Å². The summed E-state index contributed by atoms with van der Waals surface area (Å²) in [4.78, 5) is 48.7. The Morgan fingerprint density at radius 3 is 2.44 bits per heavy atom. The Morgan fingerprint density at radius 1 is 1.00 bits per heavy atom. The molecule has 9 nitrogen and oxygen atoms in total. The topological polar surface area (TPSA) is 119 Å². The maximum absolute atomic E-state index is 13.0. The van der Waals surface area contributed by atoms with Gasteiger partial charge in [0.05, 0.1) is 10.6 Å². The van der Waals surface area contributed by atoms with Crippen molar-refractivity contribution in [2.75, 3.05) is 4.90 Å². The molecule has 1 fully saturated rings. The molecule has 1 aliphatic heterocycles.